The molecule has 1 aliphatic heterocycles. The van der Waals surface area contributed by atoms with E-state index in [0.29, 0.717) is 23.7 Å². The molecule has 1 saturated heterocycles. The predicted molar refractivity (Wildman–Crippen MR) is 118 cm³/mol. The molecule has 2 N–H and O–H groups in total. The molecule has 0 saturated carbocycles. The number of hydrazine groups is 1. The van der Waals surface area contributed by atoms with Crippen LogP contribution in [0.3, 0.4) is 0 Å². The second kappa shape index (κ2) is 10.8. The van der Waals surface area contributed by atoms with E-state index in [1.54, 1.807) is 18.3 Å². The van der Waals surface area contributed by atoms with E-state index in [4.69, 9.17) is 11.6 Å². The summed E-state index contributed by atoms with van der Waals surface area (Å²) in [6, 6.07) is 10.9. The van der Waals surface area contributed by atoms with E-state index in [1.807, 2.05) is 36.1 Å². The van der Waals surface area contributed by atoms with Gasteiger partial charge in [-0.3, -0.25) is 30.2 Å². The first-order valence-electron chi connectivity index (χ1n) is 10.2. The van der Waals surface area contributed by atoms with Crippen LogP contribution in [-0.2, 0) is 9.59 Å². The number of nitrogens with zero attached hydrogens (tertiary/aromatic N) is 3. The molecule has 0 radical (unpaired) electrons. The van der Waals surface area contributed by atoms with E-state index < -0.39 is 5.91 Å². The third-order valence-electron chi connectivity index (χ3n) is 5.10. The van der Waals surface area contributed by atoms with Crippen LogP contribution in [-0.4, -0.2) is 53.8 Å². The lowest BCUT2D eigenvalue weighted by Gasteiger charge is -2.36. The van der Waals surface area contributed by atoms with E-state index in [2.05, 4.69) is 20.7 Å². The monoisotopic (exact) mass is 443 g/mol. The van der Waals surface area contributed by atoms with Crippen molar-refractivity contribution in [2.24, 2.45) is 5.92 Å². The highest BCUT2D eigenvalue weighted by Crippen LogP contribution is 2.21. The van der Waals surface area contributed by atoms with Crippen LogP contribution in [0.5, 0.6) is 0 Å². The number of carbonyl (C=O) groups excluding carboxylic acids is 3. The number of halogens is 1. The van der Waals surface area contributed by atoms with Gasteiger partial charge in [0.05, 0.1) is 5.56 Å². The first kappa shape index (κ1) is 22.6. The summed E-state index contributed by atoms with van der Waals surface area (Å²) in [7, 11) is 0. The third kappa shape index (κ3) is 6.68. The zero-order chi connectivity index (χ0) is 22.2. The molecule has 0 spiro atoms. The van der Waals surface area contributed by atoms with Crippen molar-refractivity contribution in [2.75, 3.05) is 31.1 Å². The van der Waals surface area contributed by atoms with Crippen LogP contribution >= 0.6 is 11.6 Å². The van der Waals surface area contributed by atoms with Gasteiger partial charge in [-0.25, -0.2) is 0 Å². The van der Waals surface area contributed by atoms with Crippen LogP contribution in [0.2, 0.25) is 5.02 Å². The number of carbonyl (C=O) groups is 3. The standard InChI is InChI=1S/C22H26ClN5O3/c1-16(12-20(29)25-26-22(31)17-4-3-7-24-15-17)13-21(30)28-10-8-27(9-11-28)19-6-2-5-18(23)14-19/h2-7,14-16H,8-13H2,1H3,(H,25,29)(H,26,31)/t16-/m0/s1. The number of rotatable bonds is 6. The van der Waals surface area contributed by atoms with Crippen molar-refractivity contribution in [3.05, 3.63) is 59.4 Å². The van der Waals surface area contributed by atoms with Gasteiger partial charge < -0.3 is 9.80 Å². The minimum atomic E-state index is -0.442. The topological polar surface area (TPSA) is 94.6 Å². The number of piperazine rings is 1. The van der Waals surface area contributed by atoms with Crippen molar-refractivity contribution < 1.29 is 14.4 Å². The first-order chi connectivity index (χ1) is 14.9. The number of amides is 3. The summed E-state index contributed by atoms with van der Waals surface area (Å²) in [6.07, 6.45) is 3.39. The molecule has 0 aliphatic carbocycles. The predicted octanol–water partition coefficient (Wildman–Crippen LogP) is 2.26. The smallest absolute Gasteiger partial charge is 0.271 e. The van der Waals surface area contributed by atoms with Gasteiger partial charge in [0, 0.05) is 62.1 Å². The molecule has 2 heterocycles. The van der Waals surface area contributed by atoms with Gasteiger partial charge in [-0.1, -0.05) is 24.6 Å². The Balaban J connectivity index is 1.38. The summed E-state index contributed by atoms with van der Waals surface area (Å²) >= 11 is 6.06. The summed E-state index contributed by atoms with van der Waals surface area (Å²) in [5.74, 6) is -0.898. The second-order valence-corrected chi connectivity index (χ2v) is 8.04. The molecule has 31 heavy (non-hydrogen) atoms. The zero-order valence-corrected chi connectivity index (χ0v) is 18.1. The molecule has 3 amide bonds. The second-order valence-electron chi connectivity index (χ2n) is 7.61. The molecular formula is C22H26ClN5O3. The Hall–Kier alpha value is -3.13. The highest BCUT2D eigenvalue weighted by Gasteiger charge is 2.23. The minimum absolute atomic E-state index is 0.0328. The average molecular weight is 444 g/mol. The summed E-state index contributed by atoms with van der Waals surface area (Å²) in [4.78, 5) is 44.5. The van der Waals surface area contributed by atoms with Gasteiger partial charge in [-0.05, 0) is 36.2 Å². The molecule has 8 nitrogen and oxygen atoms in total. The maximum Gasteiger partial charge on any atom is 0.271 e. The number of hydrogen-bond acceptors (Lipinski definition) is 5. The molecule has 1 aliphatic rings. The lowest BCUT2D eigenvalue weighted by atomic mass is 10.0. The molecule has 0 unspecified atom stereocenters. The summed E-state index contributed by atoms with van der Waals surface area (Å²) in [5, 5.41) is 0.694. The molecule has 0 bridgehead atoms. The first-order valence-corrected chi connectivity index (χ1v) is 10.6. The van der Waals surface area contributed by atoms with Crippen molar-refractivity contribution in [1.29, 1.82) is 0 Å². The Morgan fingerprint density at radius 2 is 1.84 bits per heavy atom. The summed E-state index contributed by atoms with van der Waals surface area (Å²) in [5.41, 5.74) is 6.14. The normalized spacial score (nSPS) is 14.6. The van der Waals surface area contributed by atoms with Gasteiger partial charge in [-0.2, -0.15) is 0 Å². The van der Waals surface area contributed by atoms with Crippen molar-refractivity contribution in [3.8, 4) is 0 Å². The van der Waals surface area contributed by atoms with Gasteiger partial charge in [0.1, 0.15) is 0 Å². The van der Waals surface area contributed by atoms with Crippen LogP contribution < -0.4 is 15.8 Å². The molecule has 1 aromatic carbocycles. The van der Waals surface area contributed by atoms with Gasteiger partial charge >= 0.3 is 0 Å². The van der Waals surface area contributed by atoms with E-state index in [-0.39, 0.29) is 30.6 Å². The van der Waals surface area contributed by atoms with Crippen molar-refractivity contribution >= 4 is 35.0 Å². The molecule has 9 heteroatoms. The van der Waals surface area contributed by atoms with Crippen molar-refractivity contribution in [2.45, 2.75) is 19.8 Å². The Labute approximate surface area is 186 Å². The fourth-order valence-corrected chi connectivity index (χ4v) is 3.63. The molecule has 2 aromatic rings. The quantitative estimate of drug-likeness (QED) is 0.668. The Morgan fingerprint density at radius 3 is 2.52 bits per heavy atom. The Kier molecular flexibility index (Phi) is 7.83. The van der Waals surface area contributed by atoms with Crippen molar-refractivity contribution in [3.63, 3.8) is 0 Å². The number of anilines is 1. The van der Waals surface area contributed by atoms with Crippen molar-refractivity contribution in [1.82, 2.24) is 20.7 Å². The number of hydrogen-bond donors (Lipinski definition) is 2. The molecule has 3 rings (SSSR count). The van der Waals surface area contributed by atoms with Crippen LogP contribution in [0, 0.1) is 5.92 Å². The van der Waals surface area contributed by atoms with Crippen LogP contribution in [0.15, 0.2) is 48.8 Å². The van der Waals surface area contributed by atoms with E-state index >= 15 is 0 Å². The maximum absolute atomic E-state index is 12.6. The maximum atomic E-state index is 12.6. The largest absolute Gasteiger partial charge is 0.368 e. The number of pyridine rings is 1. The fourth-order valence-electron chi connectivity index (χ4n) is 3.45. The highest BCUT2D eigenvalue weighted by molar-refractivity contribution is 6.30. The van der Waals surface area contributed by atoms with Crippen LogP contribution in [0.25, 0.3) is 0 Å². The van der Waals surface area contributed by atoms with E-state index in [9.17, 15) is 14.4 Å². The molecule has 1 atom stereocenters. The number of benzene rings is 1. The van der Waals surface area contributed by atoms with E-state index in [1.165, 1.54) is 6.20 Å². The fraction of sp³-hybridized carbons (Fsp3) is 0.364. The highest BCUT2D eigenvalue weighted by atomic mass is 35.5. The van der Waals surface area contributed by atoms with E-state index in [0.717, 1.165) is 18.8 Å². The van der Waals surface area contributed by atoms with Gasteiger partial charge in [-0.15, -0.1) is 0 Å². The summed E-state index contributed by atoms with van der Waals surface area (Å²) < 4.78 is 0. The third-order valence-corrected chi connectivity index (χ3v) is 5.34. The lowest BCUT2D eigenvalue weighted by Crippen LogP contribution is -2.49. The van der Waals surface area contributed by atoms with Gasteiger partial charge in [0.15, 0.2) is 0 Å². The van der Waals surface area contributed by atoms with Crippen LogP contribution in [0.4, 0.5) is 5.69 Å². The summed E-state index contributed by atoms with van der Waals surface area (Å²) in [6.45, 7) is 4.59. The molecular weight excluding hydrogens is 418 g/mol. The average Bonchev–Trinajstić information content (AvgIpc) is 2.78. The molecule has 1 fully saturated rings. The number of aromatic nitrogens is 1. The number of nitrogens with one attached hydrogen (secondary N) is 2. The zero-order valence-electron chi connectivity index (χ0n) is 17.4. The van der Waals surface area contributed by atoms with Crippen LogP contribution in [0.1, 0.15) is 30.1 Å². The lowest BCUT2D eigenvalue weighted by molar-refractivity contribution is -0.132. The molecule has 164 valence electrons. The minimum Gasteiger partial charge on any atom is -0.368 e. The van der Waals surface area contributed by atoms with Gasteiger partial charge in [0.2, 0.25) is 11.8 Å². The Bertz CT molecular complexity index is 916. The van der Waals surface area contributed by atoms with Gasteiger partial charge in [0.25, 0.3) is 5.91 Å². The Morgan fingerprint density at radius 1 is 1.06 bits per heavy atom. The SMILES string of the molecule is C[C@@H](CC(=O)NNC(=O)c1cccnc1)CC(=O)N1CCN(c2cccc(Cl)c2)CC1. The molecule has 1 aromatic heterocycles.